The third-order valence-corrected chi connectivity index (χ3v) is 3.51. The minimum atomic E-state index is -0.453. The van der Waals surface area contributed by atoms with Gasteiger partial charge in [-0.05, 0) is 34.6 Å². The highest BCUT2D eigenvalue weighted by Crippen LogP contribution is 2.26. The van der Waals surface area contributed by atoms with E-state index < -0.39 is 11.1 Å². The molecule has 4 nitrogen and oxygen atoms in total. The zero-order chi connectivity index (χ0) is 13.3. The van der Waals surface area contributed by atoms with E-state index in [4.69, 9.17) is 10.5 Å². The summed E-state index contributed by atoms with van der Waals surface area (Å²) >= 11 is 1.84. The monoisotopic (exact) mass is 260 g/mol. The predicted octanol–water partition coefficient (Wildman–Crippen LogP) is 2.08. The van der Waals surface area contributed by atoms with E-state index in [1.807, 2.05) is 46.4 Å². The van der Waals surface area contributed by atoms with Crippen molar-refractivity contribution in [1.29, 1.82) is 0 Å². The number of carbonyl (C=O) groups is 1. The molecule has 1 rings (SSSR count). The first-order valence-corrected chi connectivity index (χ1v) is 7.10. The smallest absolute Gasteiger partial charge is 0.410 e. The molecule has 1 saturated heterocycles. The summed E-state index contributed by atoms with van der Waals surface area (Å²) in [6, 6.07) is 0.276. The number of nitrogens with zero attached hydrogens (tertiary/aromatic N) is 1. The fraction of sp³-hybridized carbons (Fsp3) is 0.917. The maximum absolute atomic E-state index is 12.1. The van der Waals surface area contributed by atoms with Crippen LogP contribution in [0.25, 0.3) is 0 Å². The van der Waals surface area contributed by atoms with Crippen molar-refractivity contribution in [2.45, 2.75) is 51.8 Å². The standard InChI is InChI=1S/C12H24N2O2S/c1-11(2,3)16-10(15)14(8-12(4,5)13)9-6-17-7-9/h9H,6-8,13H2,1-5H3. The van der Waals surface area contributed by atoms with Gasteiger partial charge in [0, 0.05) is 23.6 Å². The van der Waals surface area contributed by atoms with Gasteiger partial charge in [-0.1, -0.05) is 0 Å². The largest absolute Gasteiger partial charge is 0.444 e. The van der Waals surface area contributed by atoms with Crippen LogP contribution in [-0.2, 0) is 4.74 Å². The van der Waals surface area contributed by atoms with Crippen LogP contribution in [0.2, 0.25) is 0 Å². The van der Waals surface area contributed by atoms with Gasteiger partial charge in [0.15, 0.2) is 0 Å². The lowest BCUT2D eigenvalue weighted by Gasteiger charge is -2.40. The van der Waals surface area contributed by atoms with Crippen LogP contribution in [0.3, 0.4) is 0 Å². The van der Waals surface area contributed by atoms with Crippen molar-refractivity contribution in [1.82, 2.24) is 4.90 Å². The average molecular weight is 260 g/mol. The highest BCUT2D eigenvalue weighted by atomic mass is 32.2. The topological polar surface area (TPSA) is 55.6 Å². The summed E-state index contributed by atoms with van der Waals surface area (Å²) in [5.74, 6) is 1.96. The summed E-state index contributed by atoms with van der Waals surface area (Å²) in [7, 11) is 0. The molecular formula is C12H24N2O2S. The molecule has 1 aliphatic rings. The Kier molecular flexibility index (Phi) is 4.36. The van der Waals surface area contributed by atoms with E-state index in [2.05, 4.69) is 0 Å². The predicted molar refractivity (Wildman–Crippen MR) is 72.3 cm³/mol. The second kappa shape index (κ2) is 5.06. The molecule has 1 aliphatic heterocycles. The van der Waals surface area contributed by atoms with Crippen molar-refractivity contribution >= 4 is 17.9 Å². The van der Waals surface area contributed by atoms with E-state index in [9.17, 15) is 4.79 Å². The normalized spacial score (nSPS) is 17.5. The Morgan fingerprint density at radius 3 is 2.18 bits per heavy atom. The SMILES string of the molecule is CC(C)(N)CN(C(=O)OC(C)(C)C)C1CSC1. The molecule has 0 atom stereocenters. The molecule has 17 heavy (non-hydrogen) atoms. The number of carbonyl (C=O) groups excluding carboxylic acids is 1. The van der Waals surface area contributed by atoms with Gasteiger partial charge in [-0.2, -0.15) is 11.8 Å². The summed E-state index contributed by atoms with van der Waals surface area (Å²) in [5, 5.41) is 0. The number of rotatable bonds is 3. The molecule has 0 radical (unpaired) electrons. The third-order valence-electron chi connectivity index (χ3n) is 2.27. The molecule has 0 saturated carbocycles. The van der Waals surface area contributed by atoms with Gasteiger partial charge in [0.2, 0.25) is 0 Å². The lowest BCUT2D eigenvalue weighted by molar-refractivity contribution is 0.0152. The van der Waals surface area contributed by atoms with Crippen LogP contribution in [0.4, 0.5) is 4.79 Å². The zero-order valence-corrected chi connectivity index (χ0v) is 12.3. The van der Waals surface area contributed by atoms with Crippen LogP contribution in [0.15, 0.2) is 0 Å². The maximum atomic E-state index is 12.1. The van der Waals surface area contributed by atoms with Crippen molar-refractivity contribution in [3.8, 4) is 0 Å². The summed E-state index contributed by atoms with van der Waals surface area (Å²) in [4.78, 5) is 13.9. The number of ether oxygens (including phenoxy) is 1. The van der Waals surface area contributed by atoms with E-state index in [1.165, 1.54) is 0 Å². The van der Waals surface area contributed by atoms with Gasteiger partial charge in [-0.25, -0.2) is 4.79 Å². The zero-order valence-electron chi connectivity index (χ0n) is 11.4. The molecule has 1 heterocycles. The molecule has 5 heteroatoms. The van der Waals surface area contributed by atoms with E-state index in [-0.39, 0.29) is 12.1 Å². The molecule has 100 valence electrons. The van der Waals surface area contributed by atoms with Gasteiger partial charge in [0.1, 0.15) is 5.60 Å². The van der Waals surface area contributed by atoms with E-state index in [0.29, 0.717) is 6.54 Å². The Hall–Kier alpha value is -0.420. The number of amides is 1. The first-order chi connectivity index (χ1) is 7.58. The van der Waals surface area contributed by atoms with Crippen LogP contribution in [0, 0.1) is 0 Å². The average Bonchev–Trinajstić information content (AvgIpc) is 1.93. The summed E-state index contributed by atoms with van der Waals surface area (Å²) in [6.45, 7) is 10.0. The maximum Gasteiger partial charge on any atom is 0.410 e. The Balaban J connectivity index is 2.65. The minimum absolute atomic E-state index is 0.249. The van der Waals surface area contributed by atoms with E-state index >= 15 is 0 Å². The second-order valence-electron chi connectivity index (χ2n) is 6.29. The van der Waals surface area contributed by atoms with Crippen molar-refractivity contribution < 1.29 is 9.53 Å². The van der Waals surface area contributed by atoms with Crippen LogP contribution in [-0.4, -0.2) is 46.2 Å². The second-order valence-corrected chi connectivity index (χ2v) is 7.36. The fourth-order valence-electron chi connectivity index (χ4n) is 1.51. The van der Waals surface area contributed by atoms with Crippen molar-refractivity contribution in [2.24, 2.45) is 5.73 Å². The van der Waals surface area contributed by atoms with Gasteiger partial charge in [-0.15, -0.1) is 0 Å². The highest BCUT2D eigenvalue weighted by molar-refractivity contribution is 8.00. The molecule has 0 aromatic rings. The van der Waals surface area contributed by atoms with Crippen LogP contribution in [0.5, 0.6) is 0 Å². The summed E-state index contributed by atoms with van der Waals surface area (Å²) in [6.07, 6.45) is -0.249. The lowest BCUT2D eigenvalue weighted by Crippen LogP contribution is -2.56. The van der Waals surface area contributed by atoms with E-state index in [0.717, 1.165) is 11.5 Å². The third kappa shape index (κ3) is 5.17. The molecule has 0 unspecified atom stereocenters. The molecule has 1 fully saturated rings. The van der Waals surface area contributed by atoms with Crippen molar-refractivity contribution in [3.63, 3.8) is 0 Å². The Morgan fingerprint density at radius 2 is 1.88 bits per heavy atom. The number of hydrogen-bond donors (Lipinski definition) is 1. The van der Waals surface area contributed by atoms with Gasteiger partial charge < -0.3 is 15.4 Å². The Labute approximate surface area is 108 Å². The first-order valence-electron chi connectivity index (χ1n) is 5.95. The number of hydrogen-bond acceptors (Lipinski definition) is 4. The Bertz CT molecular complexity index is 277. The van der Waals surface area contributed by atoms with Crippen molar-refractivity contribution in [3.05, 3.63) is 0 Å². The molecule has 0 aromatic carbocycles. The van der Waals surface area contributed by atoms with Gasteiger partial charge >= 0.3 is 6.09 Å². The molecule has 0 aliphatic carbocycles. The first kappa shape index (κ1) is 14.6. The van der Waals surface area contributed by atoms with Crippen LogP contribution in [0.1, 0.15) is 34.6 Å². The molecule has 0 aromatic heterocycles. The van der Waals surface area contributed by atoms with Gasteiger partial charge in [-0.3, -0.25) is 0 Å². The minimum Gasteiger partial charge on any atom is -0.444 e. The van der Waals surface area contributed by atoms with Gasteiger partial charge in [0.05, 0.1) is 6.04 Å². The number of thioether (sulfide) groups is 1. The summed E-state index contributed by atoms with van der Waals surface area (Å²) in [5.41, 5.74) is 5.15. The molecular weight excluding hydrogens is 236 g/mol. The molecule has 0 spiro atoms. The quantitative estimate of drug-likeness (QED) is 0.844. The molecule has 0 bridgehead atoms. The molecule has 1 amide bonds. The number of nitrogens with two attached hydrogens (primary N) is 1. The van der Waals surface area contributed by atoms with Crippen LogP contribution < -0.4 is 5.73 Å². The highest BCUT2D eigenvalue weighted by Gasteiger charge is 2.34. The van der Waals surface area contributed by atoms with Gasteiger partial charge in [0.25, 0.3) is 0 Å². The summed E-state index contributed by atoms with van der Waals surface area (Å²) < 4.78 is 5.42. The van der Waals surface area contributed by atoms with Crippen LogP contribution >= 0.6 is 11.8 Å². The lowest BCUT2D eigenvalue weighted by atomic mass is 10.1. The molecule has 2 N–H and O–H groups in total. The van der Waals surface area contributed by atoms with Crippen molar-refractivity contribution in [2.75, 3.05) is 18.1 Å². The van der Waals surface area contributed by atoms with E-state index in [1.54, 1.807) is 4.90 Å². The Morgan fingerprint density at radius 1 is 1.35 bits per heavy atom. The fourth-order valence-corrected chi connectivity index (χ4v) is 2.31.